The molecule has 2 amide bonds. The molecule has 0 spiro atoms. The fourth-order valence-corrected chi connectivity index (χ4v) is 2.74. The maximum Gasteiger partial charge on any atom is 0.414 e. The van der Waals surface area contributed by atoms with E-state index in [4.69, 9.17) is 14.2 Å². The molecular weight excluding hydrogens is 382 g/mol. The third-order valence-corrected chi connectivity index (χ3v) is 4.42. The predicted molar refractivity (Wildman–Crippen MR) is 117 cm³/mol. The molecule has 30 heavy (non-hydrogen) atoms. The van der Waals surface area contributed by atoms with Crippen molar-refractivity contribution in [3.05, 3.63) is 60.7 Å². The first kappa shape index (κ1) is 23.0. The minimum atomic E-state index is -0.735. The third-order valence-electron chi connectivity index (χ3n) is 4.42. The van der Waals surface area contributed by atoms with Crippen LogP contribution >= 0.6 is 0 Å². The molecule has 0 heterocycles. The van der Waals surface area contributed by atoms with Crippen LogP contribution in [0.5, 0.6) is 11.5 Å². The maximum atomic E-state index is 11.4. The summed E-state index contributed by atoms with van der Waals surface area (Å²) in [6, 6.07) is 15.9. The van der Waals surface area contributed by atoms with Gasteiger partial charge in [0.15, 0.2) is 0 Å². The summed E-state index contributed by atoms with van der Waals surface area (Å²) < 4.78 is 16.2. The summed E-state index contributed by atoms with van der Waals surface area (Å²) in [5, 5.41) is 2.11. The van der Waals surface area contributed by atoms with Gasteiger partial charge in [-0.1, -0.05) is 36.9 Å². The van der Waals surface area contributed by atoms with Gasteiger partial charge in [-0.2, -0.15) is 0 Å². The van der Waals surface area contributed by atoms with Gasteiger partial charge in [-0.15, -0.1) is 0 Å². The summed E-state index contributed by atoms with van der Waals surface area (Å²) in [5.74, 6) is 1.15. The van der Waals surface area contributed by atoms with E-state index in [1.54, 1.807) is 7.11 Å². The van der Waals surface area contributed by atoms with Crippen molar-refractivity contribution in [2.45, 2.75) is 32.6 Å². The van der Waals surface area contributed by atoms with Gasteiger partial charge in [0, 0.05) is 11.1 Å². The molecule has 0 unspecified atom stereocenters. The van der Waals surface area contributed by atoms with Crippen molar-refractivity contribution in [2.75, 3.05) is 20.3 Å². The molecule has 6 heteroatoms. The lowest BCUT2D eigenvalue weighted by atomic mass is 10.0. The zero-order valence-electron chi connectivity index (χ0n) is 17.6. The van der Waals surface area contributed by atoms with Crippen molar-refractivity contribution >= 4 is 12.0 Å². The number of nitrogens with one attached hydrogen (secondary N) is 1. The molecule has 2 aromatic carbocycles. The van der Waals surface area contributed by atoms with Crippen LogP contribution in [0.3, 0.4) is 0 Å². The summed E-state index contributed by atoms with van der Waals surface area (Å²) in [6.07, 6.45) is 2.77. The van der Waals surface area contributed by atoms with Crippen molar-refractivity contribution in [1.82, 2.24) is 5.32 Å². The molecule has 2 rings (SSSR count). The van der Waals surface area contributed by atoms with E-state index in [1.165, 1.54) is 6.92 Å². The molecule has 0 atom stereocenters. The lowest BCUT2D eigenvalue weighted by Crippen LogP contribution is -2.31. The number of rotatable bonds is 11. The molecule has 160 valence electrons. The SMILES string of the molecule is C=C(C)C(=O)NC(=O)OCCCCCCOc1ccccc1-c1ccc(OC)cc1. The Morgan fingerprint density at radius 1 is 0.933 bits per heavy atom. The summed E-state index contributed by atoms with van der Waals surface area (Å²) in [4.78, 5) is 22.7. The second-order valence-corrected chi connectivity index (χ2v) is 6.86. The van der Waals surface area contributed by atoms with Gasteiger partial charge in [-0.05, 0) is 56.4 Å². The van der Waals surface area contributed by atoms with Crippen LogP contribution in [-0.2, 0) is 9.53 Å². The largest absolute Gasteiger partial charge is 0.497 e. The highest BCUT2D eigenvalue weighted by atomic mass is 16.5. The van der Waals surface area contributed by atoms with Gasteiger partial charge < -0.3 is 14.2 Å². The highest BCUT2D eigenvalue weighted by Gasteiger charge is 2.09. The van der Waals surface area contributed by atoms with Crippen LogP contribution in [-0.4, -0.2) is 32.3 Å². The molecule has 0 bridgehead atoms. The van der Waals surface area contributed by atoms with Crippen LogP contribution < -0.4 is 14.8 Å². The van der Waals surface area contributed by atoms with E-state index < -0.39 is 12.0 Å². The highest BCUT2D eigenvalue weighted by molar-refractivity contribution is 6.01. The summed E-state index contributed by atoms with van der Waals surface area (Å²) >= 11 is 0. The Balaban J connectivity index is 1.66. The second-order valence-electron chi connectivity index (χ2n) is 6.86. The summed E-state index contributed by atoms with van der Waals surface area (Å²) in [6.45, 7) is 5.88. The van der Waals surface area contributed by atoms with Crippen molar-refractivity contribution in [2.24, 2.45) is 0 Å². The molecule has 0 saturated heterocycles. The summed E-state index contributed by atoms with van der Waals surface area (Å²) in [5.41, 5.74) is 2.39. The van der Waals surface area contributed by atoms with E-state index in [1.807, 2.05) is 48.5 Å². The molecule has 0 aromatic heterocycles. The maximum absolute atomic E-state index is 11.4. The first-order chi connectivity index (χ1) is 14.5. The summed E-state index contributed by atoms with van der Waals surface area (Å²) in [7, 11) is 1.65. The van der Waals surface area contributed by atoms with Crippen LogP contribution in [0.25, 0.3) is 11.1 Å². The van der Waals surface area contributed by atoms with Gasteiger partial charge in [-0.3, -0.25) is 10.1 Å². The molecule has 0 saturated carbocycles. The van der Waals surface area contributed by atoms with Crippen LogP contribution in [0.15, 0.2) is 60.7 Å². The smallest absolute Gasteiger partial charge is 0.414 e. The quantitative estimate of drug-likeness (QED) is 0.410. The fraction of sp³-hybridized carbons (Fsp3) is 0.333. The molecular formula is C24H29NO5. The average Bonchev–Trinajstić information content (AvgIpc) is 2.75. The number of ether oxygens (including phenoxy) is 3. The number of imide groups is 1. The number of carbonyl (C=O) groups excluding carboxylic acids is 2. The Kier molecular flexibility index (Phi) is 9.45. The lowest BCUT2D eigenvalue weighted by Gasteiger charge is -2.12. The van der Waals surface area contributed by atoms with Gasteiger partial charge in [0.1, 0.15) is 11.5 Å². The first-order valence-electron chi connectivity index (χ1n) is 10.0. The number of unbranched alkanes of at least 4 members (excludes halogenated alkanes) is 3. The van der Waals surface area contributed by atoms with Crippen molar-refractivity contribution in [3.63, 3.8) is 0 Å². The number of alkyl carbamates (subject to hydrolysis) is 1. The zero-order valence-corrected chi connectivity index (χ0v) is 17.6. The Morgan fingerprint density at radius 3 is 2.27 bits per heavy atom. The molecule has 0 aliphatic heterocycles. The van der Waals surface area contributed by atoms with Gasteiger partial charge in [-0.25, -0.2) is 4.79 Å². The van der Waals surface area contributed by atoms with E-state index in [0.717, 1.165) is 48.3 Å². The Bertz CT molecular complexity index is 845. The van der Waals surface area contributed by atoms with Crippen molar-refractivity contribution < 1.29 is 23.8 Å². The number of methoxy groups -OCH3 is 1. The number of hydrogen-bond donors (Lipinski definition) is 1. The molecule has 2 aromatic rings. The molecule has 1 N–H and O–H groups in total. The Hall–Kier alpha value is -3.28. The van der Waals surface area contributed by atoms with Crippen molar-refractivity contribution in [3.8, 4) is 22.6 Å². The van der Waals surface area contributed by atoms with Crippen LogP contribution in [0.1, 0.15) is 32.6 Å². The zero-order chi connectivity index (χ0) is 21.8. The Morgan fingerprint density at radius 2 is 1.60 bits per heavy atom. The third kappa shape index (κ3) is 7.62. The first-order valence-corrected chi connectivity index (χ1v) is 10.0. The molecule has 0 fully saturated rings. The van der Waals surface area contributed by atoms with Gasteiger partial charge in [0.2, 0.25) is 0 Å². The Labute approximate surface area is 177 Å². The van der Waals surface area contributed by atoms with E-state index in [9.17, 15) is 9.59 Å². The number of amides is 2. The van der Waals surface area contributed by atoms with Gasteiger partial charge in [0.25, 0.3) is 5.91 Å². The molecule has 6 nitrogen and oxygen atoms in total. The van der Waals surface area contributed by atoms with E-state index >= 15 is 0 Å². The van der Waals surface area contributed by atoms with Crippen molar-refractivity contribution in [1.29, 1.82) is 0 Å². The number of para-hydroxylation sites is 1. The lowest BCUT2D eigenvalue weighted by molar-refractivity contribution is -0.116. The number of carbonyl (C=O) groups is 2. The number of hydrogen-bond acceptors (Lipinski definition) is 5. The normalized spacial score (nSPS) is 10.2. The van der Waals surface area contributed by atoms with Gasteiger partial charge in [0.05, 0.1) is 20.3 Å². The van der Waals surface area contributed by atoms with Crippen LogP contribution in [0, 0.1) is 0 Å². The van der Waals surface area contributed by atoms with E-state index in [2.05, 4.69) is 11.9 Å². The molecule has 0 aliphatic rings. The molecule has 0 radical (unpaired) electrons. The minimum absolute atomic E-state index is 0.264. The second kappa shape index (κ2) is 12.3. The average molecular weight is 411 g/mol. The van der Waals surface area contributed by atoms with E-state index in [-0.39, 0.29) is 12.2 Å². The van der Waals surface area contributed by atoms with Crippen LogP contribution in [0.2, 0.25) is 0 Å². The number of benzene rings is 2. The van der Waals surface area contributed by atoms with Crippen LogP contribution in [0.4, 0.5) is 4.79 Å². The highest BCUT2D eigenvalue weighted by Crippen LogP contribution is 2.31. The molecule has 0 aliphatic carbocycles. The topological polar surface area (TPSA) is 73.9 Å². The van der Waals surface area contributed by atoms with Gasteiger partial charge >= 0.3 is 6.09 Å². The predicted octanol–water partition coefficient (Wildman–Crippen LogP) is 5.13. The minimum Gasteiger partial charge on any atom is -0.497 e. The standard InChI is InChI=1S/C24H29NO5/c1-18(2)23(26)25-24(27)30-17-9-5-4-8-16-29-22-11-7-6-10-21(22)19-12-14-20(28-3)15-13-19/h6-7,10-15H,1,4-5,8-9,16-17H2,2-3H3,(H,25,26,27). The fourth-order valence-electron chi connectivity index (χ4n) is 2.74. The monoisotopic (exact) mass is 411 g/mol. The van der Waals surface area contributed by atoms with E-state index in [0.29, 0.717) is 6.61 Å².